The second-order valence-electron chi connectivity index (χ2n) is 4.64. The molecule has 0 radical (unpaired) electrons. The molecule has 1 rings (SSSR count). The Balaban J connectivity index is 2.73. The van der Waals surface area contributed by atoms with E-state index < -0.39 is 11.9 Å². The van der Waals surface area contributed by atoms with Crippen molar-refractivity contribution in [1.82, 2.24) is 0 Å². The molecule has 5 heteroatoms. The van der Waals surface area contributed by atoms with E-state index in [9.17, 15) is 14.3 Å². The van der Waals surface area contributed by atoms with Crippen LogP contribution in [0.15, 0.2) is 18.2 Å². The second kappa shape index (κ2) is 7.09. The van der Waals surface area contributed by atoms with Gasteiger partial charge in [0, 0.05) is 6.07 Å². The van der Waals surface area contributed by atoms with E-state index in [0.717, 1.165) is 0 Å². The van der Waals surface area contributed by atoms with E-state index in [1.807, 2.05) is 13.8 Å². The third-order valence-electron chi connectivity index (χ3n) is 2.68. The first kappa shape index (κ1) is 15.4. The average molecular weight is 269 g/mol. The molecule has 19 heavy (non-hydrogen) atoms. The molecule has 1 aromatic carbocycles. The van der Waals surface area contributed by atoms with Crippen LogP contribution in [0.25, 0.3) is 0 Å². The van der Waals surface area contributed by atoms with Crippen molar-refractivity contribution in [3.63, 3.8) is 0 Å². The van der Waals surface area contributed by atoms with Gasteiger partial charge in [0.2, 0.25) is 5.91 Å². The van der Waals surface area contributed by atoms with Gasteiger partial charge < -0.3 is 15.2 Å². The molecule has 0 heterocycles. The standard InChI is InChI=1S/C14H20FNO3/c1-4-19-13-7-10(15)5-6-11(13)16-14(18)8-12(17)9(2)3/h5-7,9,12,17H,4,8H2,1-3H3,(H,16,18). The Morgan fingerprint density at radius 1 is 1.47 bits per heavy atom. The summed E-state index contributed by atoms with van der Waals surface area (Å²) in [7, 11) is 0. The first-order valence-corrected chi connectivity index (χ1v) is 6.34. The average Bonchev–Trinajstić information content (AvgIpc) is 2.32. The fraction of sp³-hybridized carbons (Fsp3) is 0.500. The number of halogens is 1. The number of rotatable bonds is 6. The van der Waals surface area contributed by atoms with Crippen LogP contribution in [-0.4, -0.2) is 23.7 Å². The van der Waals surface area contributed by atoms with Crippen molar-refractivity contribution in [1.29, 1.82) is 0 Å². The van der Waals surface area contributed by atoms with Crippen LogP contribution in [0.5, 0.6) is 5.75 Å². The molecule has 0 aliphatic rings. The van der Waals surface area contributed by atoms with E-state index in [1.165, 1.54) is 18.2 Å². The molecule has 0 fully saturated rings. The minimum Gasteiger partial charge on any atom is -0.492 e. The number of aliphatic hydroxyl groups excluding tert-OH is 1. The first-order valence-electron chi connectivity index (χ1n) is 6.34. The van der Waals surface area contributed by atoms with Gasteiger partial charge in [0.05, 0.1) is 24.8 Å². The van der Waals surface area contributed by atoms with Crippen LogP contribution in [-0.2, 0) is 4.79 Å². The Bertz CT molecular complexity index is 435. The van der Waals surface area contributed by atoms with Gasteiger partial charge in [-0.2, -0.15) is 0 Å². The summed E-state index contributed by atoms with van der Waals surface area (Å²) in [5.74, 6) is -0.461. The van der Waals surface area contributed by atoms with Crippen molar-refractivity contribution in [2.75, 3.05) is 11.9 Å². The topological polar surface area (TPSA) is 58.6 Å². The Morgan fingerprint density at radius 2 is 2.16 bits per heavy atom. The van der Waals surface area contributed by atoms with E-state index >= 15 is 0 Å². The summed E-state index contributed by atoms with van der Waals surface area (Å²) >= 11 is 0. The van der Waals surface area contributed by atoms with Crippen LogP contribution in [0, 0.1) is 11.7 Å². The van der Waals surface area contributed by atoms with Crippen molar-refractivity contribution in [2.24, 2.45) is 5.92 Å². The summed E-state index contributed by atoms with van der Waals surface area (Å²) in [6.45, 7) is 5.82. The van der Waals surface area contributed by atoms with Gasteiger partial charge in [0.15, 0.2) is 0 Å². The fourth-order valence-electron chi connectivity index (χ4n) is 1.50. The van der Waals surface area contributed by atoms with Crippen molar-refractivity contribution >= 4 is 11.6 Å². The molecule has 1 amide bonds. The Labute approximate surface area is 112 Å². The Hall–Kier alpha value is -1.62. The van der Waals surface area contributed by atoms with E-state index in [0.29, 0.717) is 12.3 Å². The van der Waals surface area contributed by atoms with Crippen molar-refractivity contribution in [3.8, 4) is 5.75 Å². The zero-order valence-corrected chi connectivity index (χ0v) is 11.4. The molecule has 0 saturated carbocycles. The zero-order chi connectivity index (χ0) is 14.4. The molecule has 2 N–H and O–H groups in total. The second-order valence-corrected chi connectivity index (χ2v) is 4.64. The number of aliphatic hydroxyl groups is 1. The lowest BCUT2D eigenvalue weighted by atomic mass is 10.0. The lowest BCUT2D eigenvalue weighted by Gasteiger charge is -2.15. The van der Waals surface area contributed by atoms with Crippen molar-refractivity contribution in [3.05, 3.63) is 24.0 Å². The maximum Gasteiger partial charge on any atom is 0.227 e. The van der Waals surface area contributed by atoms with Gasteiger partial charge in [-0.3, -0.25) is 4.79 Å². The number of carbonyl (C=O) groups is 1. The number of ether oxygens (including phenoxy) is 1. The summed E-state index contributed by atoms with van der Waals surface area (Å²) in [4.78, 5) is 11.7. The predicted octanol–water partition coefficient (Wildman–Crippen LogP) is 2.57. The molecule has 4 nitrogen and oxygen atoms in total. The van der Waals surface area contributed by atoms with Crippen LogP contribution in [0.3, 0.4) is 0 Å². The number of nitrogens with one attached hydrogen (secondary N) is 1. The molecule has 1 unspecified atom stereocenters. The van der Waals surface area contributed by atoms with E-state index in [4.69, 9.17) is 4.74 Å². The van der Waals surface area contributed by atoms with Crippen LogP contribution in [0.2, 0.25) is 0 Å². The quantitative estimate of drug-likeness (QED) is 0.834. The lowest BCUT2D eigenvalue weighted by Crippen LogP contribution is -2.23. The van der Waals surface area contributed by atoms with Crippen LogP contribution >= 0.6 is 0 Å². The van der Waals surface area contributed by atoms with Crippen molar-refractivity contribution in [2.45, 2.75) is 33.3 Å². The molecule has 0 saturated heterocycles. The molecular weight excluding hydrogens is 249 g/mol. The van der Waals surface area contributed by atoms with Gasteiger partial charge in [-0.15, -0.1) is 0 Å². The monoisotopic (exact) mass is 269 g/mol. The van der Waals surface area contributed by atoms with Gasteiger partial charge in [0.25, 0.3) is 0 Å². The molecule has 0 aliphatic heterocycles. The smallest absolute Gasteiger partial charge is 0.227 e. The summed E-state index contributed by atoms with van der Waals surface area (Å²) < 4.78 is 18.3. The highest BCUT2D eigenvalue weighted by atomic mass is 19.1. The van der Waals surface area contributed by atoms with Crippen LogP contribution in [0.1, 0.15) is 27.2 Å². The summed E-state index contributed by atoms with van der Waals surface area (Å²) in [6.07, 6.45) is -0.698. The number of hydrogen-bond donors (Lipinski definition) is 2. The summed E-state index contributed by atoms with van der Waals surface area (Å²) in [5.41, 5.74) is 0.407. The van der Waals surface area contributed by atoms with Gasteiger partial charge in [-0.25, -0.2) is 4.39 Å². The van der Waals surface area contributed by atoms with Gasteiger partial charge in [-0.1, -0.05) is 13.8 Å². The molecule has 0 bridgehead atoms. The first-order chi connectivity index (χ1) is 8.93. The number of amides is 1. The molecule has 0 spiro atoms. The van der Waals surface area contributed by atoms with Crippen LogP contribution < -0.4 is 10.1 Å². The molecular formula is C14H20FNO3. The molecule has 0 aliphatic carbocycles. The van der Waals surface area contributed by atoms with Crippen molar-refractivity contribution < 1.29 is 19.0 Å². The maximum absolute atomic E-state index is 13.1. The molecule has 1 atom stereocenters. The number of benzene rings is 1. The molecule has 0 aromatic heterocycles. The summed E-state index contributed by atoms with van der Waals surface area (Å²) in [6, 6.07) is 3.91. The van der Waals surface area contributed by atoms with Gasteiger partial charge in [-0.05, 0) is 25.0 Å². The van der Waals surface area contributed by atoms with E-state index in [-0.39, 0.29) is 24.0 Å². The molecule has 106 valence electrons. The maximum atomic E-state index is 13.1. The number of carbonyl (C=O) groups excluding carboxylic acids is 1. The SMILES string of the molecule is CCOc1cc(F)ccc1NC(=O)CC(O)C(C)C. The highest BCUT2D eigenvalue weighted by Gasteiger charge is 2.16. The van der Waals surface area contributed by atoms with Gasteiger partial charge >= 0.3 is 0 Å². The predicted molar refractivity (Wildman–Crippen MR) is 71.7 cm³/mol. The normalized spacial score (nSPS) is 12.3. The lowest BCUT2D eigenvalue weighted by molar-refractivity contribution is -0.118. The fourth-order valence-corrected chi connectivity index (χ4v) is 1.50. The van der Waals surface area contributed by atoms with Crippen LogP contribution in [0.4, 0.5) is 10.1 Å². The Kier molecular flexibility index (Phi) is 5.76. The van der Waals surface area contributed by atoms with E-state index in [1.54, 1.807) is 6.92 Å². The minimum atomic E-state index is -0.698. The van der Waals surface area contributed by atoms with Gasteiger partial charge in [0.1, 0.15) is 11.6 Å². The summed E-state index contributed by atoms with van der Waals surface area (Å²) in [5, 5.41) is 12.3. The molecule has 1 aromatic rings. The largest absolute Gasteiger partial charge is 0.492 e. The highest BCUT2D eigenvalue weighted by molar-refractivity contribution is 5.92. The zero-order valence-electron chi connectivity index (χ0n) is 11.4. The number of hydrogen-bond acceptors (Lipinski definition) is 3. The number of anilines is 1. The Morgan fingerprint density at radius 3 is 2.74 bits per heavy atom. The minimum absolute atomic E-state index is 0.000603. The third kappa shape index (κ3) is 4.87. The van der Waals surface area contributed by atoms with E-state index in [2.05, 4.69) is 5.32 Å². The highest BCUT2D eigenvalue weighted by Crippen LogP contribution is 2.25. The third-order valence-corrected chi connectivity index (χ3v) is 2.68.